The maximum Gasteiger partial charge on any atom is 0.495 e. The van der Waals surface area contributed by atoms with E-state index >= 15 is 0 Å². The molecule has 0 aliphatic carbocycles. The summed E-state index contributed by atoms with van der Waals surface area (Å²) in [7, 11) is 2.49. The second kappa shape index (κ2) is 9.83. The van der Waals surface area contributed by atoms with Crippen molar-refractivity contribution in [3.63, 3.8) is 0 Å². The predicted molar refractivity (Wildman–Crippen MR) is 141 cm³/mol. The second-order valence-electron chi connectivity index (χ2n) is 10.5. The quantitative estimate of drug-likeness (QED) is 0.331. The number of fused-ring (bicyclic) bond motifs is 1. The summed E-state index contributed by atoms with van der Waals surface area (Å²) < 4.78 is 31.5. The first-order valence-electron chi connectivity index (χ1n) is 12.3. The Labute approximate surface area is 213 Å². The van der Waals surface area contributed by atoms with Crippen LogP contribution < -0.4 is 14.9 Å². The lowest BCUT2D eigenvalue weighted by molar-refractivity contribution is -0.139. The third-order valence-corrected chi connectivity index (χ3v) is 7.22. The van der Waals surface area contributed by atoms with Gasteiger partial charge < -0.3 is 28.1 Å². The largest absolute Gasteiger partial charge is 0.497 e. The number of hydrogen-bond acceptors (Lipinski definition) is 6. The number of carbonyl (C=O) groups is 1. The number of rotatable bonds is 8. The Morgan fingerprint density at radius 1 is 1.03 bits per heavy atom. The fourth-order valence-electron chi connectivity index (χ4n) is 4.38. The zero-order chi connectivity index (χ0) is 26.3. The van der Waals surface area contributed by atoms with Crippen LogP contribution in [0.5, 0.6) is 11.5 Å². The molecule has 0 atom stereocenters. The van der Waals surface area contributed by atoms with Crippen LogP contribution >= 0.6 is 0 Å². The summed E-state index contributed by atoms with van der Waals surface area (Å²) in [6.07, 6.45) is 2.22. The highest BCUT2D eigenvalue weighted by atomic mass is 16.7. The third-order valence-electron chi connectivity index (χ3n) is 7.22. The van der Waals surface area contributed by atoms with E-state index in [-0.39, 0.29) is 18.4 Å². The molecule has 1 saturated heterocycles. The van der Waals surface area contributed by atoms with Gasteiger partial charge in [-0.1, -0.05) is 12.1 Å². The highest BCUT2D eigenvalue weighted by Crippen LogP contribution is 2.37. The normalized spacial score (nSPS) is 16.5. The van der Waals surface area contributed by atoms with E-state index in [1.165, 1.54) is 7.11 Å². The van der Waals surface area contributed by atoms with Gasteiger partial charge >= 0.3 is 13.1 Å². The summed E-state index contributed by atoms with van der Waals surface area (Å²) in [5.74, 6) is 0.904. The molecular weight excluding hydrogens is 457 g/mol. The Morgan fingerprint density at radius 2 is 1.72 bits per heavy atom. The molecular formula is C28H36BNO6. The van der Waals surface area contributed by atoms with Crippen LogP contribution in [-0.2, 0) is 31.9 Å². The van der Waals surface area contributed by atoms with Gasteiger partial charge in [0, 0.05) is 29.4 Å². The van der Waals surface area contributed by atoms with Crippen LogP contribution in [0.1, 0.15) is 58.7 Å². The molecule has 4 rings (SSSR count). The van der Waals surface area contributed by atoms with Gasteiger partial charge in [0.25, 0.3) is 0 Å². The predicted octanol–water partition coefficient (Wildman–Crippen LogP) is 4.82. The van der Waals surface area contributed by atoms with Crippen LogP contribution in [0.4, 0.5) is 0 Å². The summed E-state index contributed by atoms with van der Waals surface area (Å²) in [5, 5.41) is 1.10. The molecule has 7 nitrogen and oxygen atoms in total. The minimum Gasteiger partial charge on any atom is -0.497 e. The van der Waals surface area contributed by atoms with Crippen molar-refractivity contribution in [1.82, 2.24) is 4.57 Å². The number of esters is 1. The molecule has 0 unspecified atom stereocenters. The number of aromatic nitrogens is 1. The fraction of sp³-hybridized carbons (Fsp3) is 0.464. The number of nitrogens with zero attached hydrogens (tertiary/aromatic N) is 1. The standard InChI is InChI=1S/C28H36BNO6/c1-18(2)30-12-11-22-23(29-35-27(3,4)28(5,6)36-29)13-19(14-24(22)30)17-34-25-16-21(32-7)10-9-20(25)15-26(31)33-8/h9-14,16,18H,15,17H2,1-8H3. The third kappa shape index (κ3) is 4.97. The van der Waals surface area contributed by atoms with Crippen molar-refractivity contribution in [3.05, 3.63) is 53.7 Å². The van der Waals surface area contributed by atoms with Crippen molar-refractivity contribution in [2.24, 2.45) is 0 Å². The molecule has 1 aliphatic rings. The van der Waals surface area contributed by atoms with Gasteiger partial charge in [-0.15, -0.1) is 0 Å². The molecule has 1 aromatic heterocycles. The maximum atomic E-state index is 11.9. The summed E-state index contributed by atoms with van der Waals surface area (Å²) in [6.45, 7) is 12.8. The summed E-state index contributed by atoms with van der Waals surface area (Å²) in [5.41, 5.74) is 2.89. The smallest absolute Gasteiger partial charge is 0.495 e. The van der Waals surface area contributed by atoms with Crippen molar-refractivity contribution in [3.8, 4) is 11.5 Å². The number of ether oxygens (including phenoxy) is 3. The number of carbonyl (C=O) groups excluding carboxylic acids is 1. The van der Waals surface area contributed by atoms with Crippen LogP contribution in [-0.4, -0.2) is 43.1 Å². The van der Waals surface area contributed by atoms with Crippen LogP contribution in [0.2, 0.25) is 0 Å². The lowest BCUT2D eigenvalue weighted by atomic mass is 9.76. The molecule has 0 amide bonds. The molecule has 2 aromatic carbocycles. The lowest BCUT2D eigenvalue weighted by Gasteiger charge is -2.32. The van der Waals surface area contributed by atoms with E-state index in [0.717, 1.165) is 27.5 Å². The average molecular weight is 493 g/mol. The number of methoxy groups -OCH3 is 2. The fourth-order valence-corrected chi connectivity index (χ4v) is 4.38. The Kier molecular flexibility index (Phi) is 7.13. The van der Waals surface area contributed by atoms with Crippen molar-refractivity contribution < 1.29 is 28.3 Å². The van der Waals surface area contributed by atoms with E-state index in [9.17, 15) is 4.79 Å². The second-order valence-corrected chi connectivity index (χ2v) is 10.5. The van der Waals surface area contributed by atoms with Crippen molar-refractivity contribution in [1.29, 1.82) is 0 Å². The van der Waals surface area contributed by atoms with E-state index in [1.807, 2.05) is 12.1 Å². The van der Waals surface area contributed by atoms with Crippen molar-refractivity contribution in [2.75, 3.05) is 14.2 Å². The highest BCUT2D eigenvalue weighted by molar-refractivity contribution is 6.65. The molecule has 1 fully saturated rings. The number of hydrogen-bond donors (Lipinski definition) is 0. The van der Waals surface area contributed by atoms with Gasteiger partial charge in [-0.2, -0.15) is 0 Å². The van der Waals surface area contributed by atoms with Gasteiger partial charge in [0.1, 0.15) is 18.1 Å². The van der Waals surface area contributed by atoms with Gasteiger partial charge in [-0.3, -0.25) is 4.79 Å². The van der Waals surface area contributed by atoms with Crippen LogP contribution in [0.15, 0.2) is 42.6 Å². The molecule has 0 radical (unpaired) electrons. The molecule has 36 heavy (non-hydrogen) atoms. The van der Waals surface area contributed by atoms with Gasteiger partial charge in [-0.05, 0) is 76.2 Å². The molecule has 0 N–H and O–H groups in total. The molecule has 1 aliphatic heterocycles. The van der Waals surface area contributed by atoms with E-state index in [4.69, 9.17) is 23.5 Å². The van der Waals surface area contributed by atoms with Gasteiger partial charge in [0.05, 0.1) is 31.8 Å². The Balaban J connectivity index is 1.72. The van der Waals surface area contributed by atoms with E-state index in [2.05, 4.69) is 70.5 Å². The summed E-state index contributed by atoms with van der Waals surface area (Å²) in [6, 6.07) is 12.1. The first kappa shape index (κ1) is 26.1. The van der Waals surface area contributed by atoms with Crippen molar-refractivity contribution >= 4 is 29.5 Å². The first-order valence-corrected chi connectivity index (χ1v) is 12.3. The zero-order valence-electron chi connectivity index (χ0n) is 22.5. The Hall–Kier alpha value is -2.97. The molecule has 2 heterocycles. The van der Waals surface area contributed by atoms with Crippen LogP contribution in [0.25, 0.3) is 10.9 Å². The van der Waals surface area contributed by atoms with Gasteiger partial charge in [-0.25, -0.2) is 0 Å². The molecule has 3 aromatic rings. The van der Waals surface area contributed by atoms with E-state index < -0.39 is 18.3 Å². The van der Waals surface area contributed by atoms with Gasteiger partial charge in [0.15, 0.2) is 0 Å². The Bertz CT molecular complexity index is 1250. The minimum absolute atomic E-state index is 0.115. The zero-order valence-corrected chi connectivity index (χ0v) is 22.5. The molecule has 192 valence electrons. The average Bonchev–Trinajstić information content (AvgIpc) is 3.35. The molecule has 0 spiro atoms. The number of benzene rings is 2. The van der Waals surface area contributed by atoms with Crippen LogP contribution in [0.3, 0.4) is 0 Å². The lowest BCUT2D eigenvalue weighted by Crippen LogP contribution is -2.41. The summed E-state index contributed by atoms with van der Waals surface area (Å²) >= 11 is 0. The minimum atomic E-state index is -0.493. The molecule has 8 heteroatoms. The van der Waals surface area contributed by atoms with Crippen molar-refractivity contribution in [2.45, 2.75) is 71.8 Å². The van der Waals surface area contributed by atoms with Crippen LogP contribution in [0, 0.1) is 0 Å². The highest BCUT2D eigenvalue weighted by Gasteiger charge is 2.52. The van der Waals surface area contributed by atoms with E-state index in [0.29, 0.717) is 18.1 Å². The maximum absolute atomic E-state index is 11.9. The molecule has 0 bridgehead atoms. The SMILES string of the molecule is COC(=O)Cc1ccc(OC)cc1OCc1cc(B2OC(C)(C)C(C)(C)O2)c2ccn(C(C)C)c2c1. The monoisotopic (exact) mass is 493 g/mol. The van der Waals surface area contributed by atoms with E-state index in [1.54, 1.807) is 13.2 Å². The molecule has 0 saturated carbocycles. The Morgan fingerprint density at radius 3 is 2.33 bits per heavy atom. The first-order chi connectivity index (χ1) is 17.0. The summed E-state index contributed by atoms with van der Waals surface area (Å²) in [4.78, 5) is 11.9. The van der Waals surface area contributed by atoms with Gasteiger partial charge in [0.2, 0.25) is 0 Å². The topological polar surface area (TPSA) is 68.2 Å².